The summed E-state index contributed by atoms with van der Waals surface area (Å²) in [4.78, 5) is 22.9. The molecule has 8 nitrogen and oxygen atoms in total. The first-order valence-corrected chi connectivity index (χ1v) is 8.32. The van der Waals surface area contributed by atoms with Crippen LogP contribution in [0.3, 0.4) is 0 Å². The molecular formula is C20H22O8. The molecule has 0 bridgehead atoms. The second-order valence-electron chi connectivity index (χ2n) is 5.40. The fourth-order valence-corrected chi connectivity index (χ4v) is 2.37. The highest BCUT2D eigenvalue weighted by atomic mass is 16.5. The van der Waals surface area contributed by atoms with E-state index in [1.165, 1.54) is 33.5 Å². The highest BCUT2D eigenvalue weighted by molar-refractivity contribution is 6.40. The van der Waals surface area contributed by atoms with Gasteiger partial charge in [0.1, 0.15) is 24.7 Å². The third-order valence-corrected chi connectivity index (χ3v) is 3.75. The number of carbonyl (C=O) groups excluding carboxylic acids is 2. The van der Waals surface area contributed by atoms with Gasteiger partial charge in [-0.15, -0.1) is 0 Å². The summed E-state index contributed by atoms with van der Waals surface area (Å²) in [6.07, 6.45) is 0. The molecule has 0 unspecified atom stereocenters. The Kier molecular flexibility index (Phi) is 7.50. The second kappa shape index (κ2) is 10.1. The molecule has 2 aromatic rings. The number of ketones is 1. The topological polar surface area (TPSA) is 89.5 Å². The van der Waals surface area contributed by atoms with E-state index < -0.39 is 11.8 Å². The number of methoxy groups -OCH3 is 4. The molecule has 0 saturated carbocycles. The predicted octanol–water partition coefficient (Wildman–Crippen LogP) is 2.53. The summed E-state index contributed by atoms with van der Waals surface area (Å²) in [5.74, 6) is 0.918. The maximum absolute atomic E-state index is 11.7. The van der Waals surface area contributed by atoms with Crippen LogP contribution in [0.5, 0.6) is 28.7 Å². The lowest BCUT2D eigenvalue weighted by Gasteiger charge is -2.15. The molecule has 0 amide bonds. The van der Waals surface area contributed by atoms with Crippen molar-refractivity contribution in [2.45, 2.75) is 0 Å². The molecule has 2 rings (SSSR count). The molecule has 0 fully saturated rings. The van der Waals surface area contributed by atoms with Gasteiger partial charge in [0.05, 0.1) is 28.4 Å². The molecule has 0 aromatic heterocycles. The SMILES string of the molecule is COC(=O)C(=O)c1ccc(OCCOc2cc(OC)c(OC)c(OC)c2)cc1. The molecule has 28 heavy (non-hydrogen) atoms. The lowest BCUT2D eigenvalue weighted by atomic mass is 10.1. The average Bonchev–Trinajstić information content (AvgIpc) is 2.75. The molecule has 8 heteroatoms. The number of Topliss-reactive ketones (excluding diaryl/α,β-unsaturated/α-hetero) is 1. The Bertz CT molecular complexity index is 788. The smallest absolute Gasteiger partial charge is 0.379 e. The highest BCUT2D eigenvalue weighted by Crippen LogP contribution is 2.40. The van der Waals surface area contributed by atoms with E-state index in [1.54, 1.807) is 24.3 Å². The third kappa shape index (κ3) is 5.06. The number of carbonyl (C=O) groups is 2. The number of rotatable bonds is 10. The fraction of sp³-hybridized carbons (Fsp3) is 0.300. The number of ether oxygens (including phenoxy) is 6. The maximum atomic E-state index is 11.7. The van der Waals surface area contributed by atoms with Gasteiger partial charge < -0.3 is 28.4 Å². The predicted molar refractivity (Wildman–Crippen MR) is 99.9 cm³/mol. The minimum Gasteiger partial charge on any atom is -0.493 e. The molecule has 0 radical (unpaired) electrons. The van der Waals surface area contributed by atoms with Crippen molar-refractivity contribution in [2.24, 2.45) is 0 Å². The zero-order chi connectivity index (χ0) is 20.5. The number of hydrogen-bond acceptors (Lipinski definition) is 8. The van der Waals surface area contributed by atoms with Crippen LogP contribution in [-0.2, 0) is 9.53 Å². The molecule has 0 atom stereocenters. The van der Waals surface area contributed by atoms with E-state index in [0.29, 0.717) is 28.7 Å². The van der Waals surface area contributed by atoms with Crippen molar-refractivity contribution >= 4 is 11.8 Å². The first-order valence-electron chi connectivity index (χ1n) is 8.32. The number of esters is 1. The van der Waals surface area contributed by atoms with Gasteiger partial charge in [0.15, 0.2) is 11.5 Å². The monoisotopic (exact) mass is 390 g/mol. The summed E-state index contributed by atoms with van der Waals surface area (Å²) in [6, 6.07) is 9.55. The first kappa shape index (κ1) is 20.9. The van der Waals surface area contributed by atoms with Crippen molar-refractivity contribution in [2.75, 3.05) is 41.7 Å². The first-order chi connectivity index (χ1) is 13.5. The third-order valence-electron chi connectivity index (χ3n) is 3.75. The minimum absolute atomic E-state index is 0.230. The van der Waals surface area contributed by atoms with Crippen molar-refractivity contribution in [1.82, 2.24) is 0 Å². The zero-order valence-electron chi connectivity index (χ0n) is 16.1. The fourth-order valence-electron chi connectivity index (χ4n) is 2.37. The Labute approximate surface area is 162 Å². The maximum Gasteiger partial charge on any atom is 0.379 e. The van der Waals surface area contributed by atoms with Crippen LogP contribution in [0.4, 0.5) is 0 Å². The van der Waals surface area contributed by atoms with E-state index in [2.05, 4.69) is 4.74 Å². The van der Waals surface area contributed by atoms with Crippen LogP contribution in [0.2, 0.25) is 0 Å². The van der Waals surface area contributed by atoms with Crippen LogP contribution in [-0.4, -0.2) is 53.4 Å². The Hall–Kier alpha value is -3.42. The summed E-state index contributed by atoms with van der Waals surface area (Å²) < 4.78 is 31.4. The van der Waals surface area contributed by atoms with Crippen LogP contribution in [0.1, 0.15) is 10.4 Å². The molecule has 2 aromatic carbocycles. The average molecular weight is 390 g/mol. The van der Waals surface area contributed by atoms with Crippen LogP contribution in [0, 0.1) is 0 Å². The van der Waals surface area contributed by atoms with Gasteiger partial charge in [0, 0.05) is 17.7 Å². The Morgan fingerprint density at radius 2 is 1.29 bits per heavy atom. The van der Waals surface area contributed by atoms with Crippen LogP contribution in [0.15, 0.2) is 36.4 Å². The van der Waals surface area contributed by atoms with Gasteiger partial charge in [0.2, 0.25) is 5.75 Å². The van der Waals surface area contributed by atoms with E-state index in [-0.39, 0.29) is 18.8 Å². The van der Waals surface area contributed by atoms with E-state index in [1.807, 2.05) is 0 Å². The molecular weight excluding hydrogens is 368 g/mol. The summed E-state index contributed by atoms with van der Waals surface area (Å²) in [7, 11) is 5.74. The molecule has 0 saturated heterocycles. The summed E-state index contributed by atoms with van der Waals surface area (Å²) in [6.45, 7) is 0.530. The lowest BCUT2D eigenvalue weighted by Crippen LogP contribution is -2.15. The molecule has 0 spiro atoms. The summed E-state index contributed by atoms with van der Waals surface area (Å²) >= 11 is 0. The molecule has 150 valence electrons. The van der Waals surface area contributed by atoms with Gasteiger partial charge in [-0.3, -0.25) is 4.79 Å². The molecule has 0 aliphatic heterocycles. The molecule has 0 aliphatic rings. The van der Waals surface area contributed by atoms with Gasteiger partial charge in [-0.05, 0) is 24.3 Å². The van der Waals surface area contributed by atoms with Gasteiger partial charge in [-0.25, -0.2) is 4.79 Å². The second-order valence-corrected chi connectivity index (χ2v) is 5.40. The lowest BCUT2D eigenvalue weighted by molar-refractivity contribution is -0.135. The van der Waals surface area contributed by atoms with Crippen molar-refractivity contribution in [3.63, 3.8) is 0 Å². The Morgan fingerprint density at radius 1 is 0.750 bits per heavy atom. The van der Waals surface area contributed by atoms with E-state index in [4.69, 9.17) is 23.7 Å². The van der Waals surface area contributed by atoms with Gasteiger partial charge >= 0.3 is 5.97 Å². The van der Waals surface area contributed by atoms with E-state index in [9.17, 15) is 9.59 Å². The molecule has 0 heterocycles. The molecule has 0 aliphatic carbocycles. The van der Waals surface area contributed by atoms with Gasteiger partial charge in [-0.2, -0.15) is 0 Å². The van der Waals surface area contributed by atoms with Crippen LogP contribution >= 0.6 is 0 Å². The molecule has 0 N–H and O–H groups in total. The van der Waals surface area contributed by atoms with Crippen LogP contribution < -0.4 is 23.7 Å². The number of hydrogen-bond donors (Lipinski definition) is 0. The summed E-state index contributed by atoms with van der Waals surface area (Å²) in [5, 5.41) is 0. The van der Waals surface area contributed by atoms with E-state index >= 15 is 0 Å². The normalized spacial score (nSPS) is 10.0. The van der Waals surface area contributed by atoms with Gasteiger partial charge in [0.25, 0.3) is 5.78 Å². The standard InChI is InChI=1S/C20H22O8/c1-23-16-11-15(12-17(24-2)19(16)25-3)28-10-9-27-14-7-5-13(6-8-14)18(21)20(22)26-4/h5-8,11-12H,9-10H2,1-4H3. The number of benzene rings is 2. The van der Waals surface area contributed by atoms with Crippen molar-refractivity contribution in [3.05, 3.63) is 42.0 Å². The largest absolute Gasteiger partial charge is 0.493 e. The quantitative estimate of drug-likeness (QED) is 0.265. The summed E-state index contributed by atoms with van der Waals surface area (Å²) in [5.41, 5.74) is 0.230. The van der Waals surface area contributed by atoms with Crippen molar-refractivity contribution in [3.8, 4) is 28.7 Å². The van der Waals surface area contributed by atoms with Crippen molar-refractivity contribution < 1.29 is 38.0 Å². The minimum atomic E-state index is -0.910. The highest BCUT2D eigenvalue weighted by Gasteiger charge is 2.16. The van der Waals surface area contributed by atoms with Crippen LogP contribution in [0.25, 0.3) is 0 Å². The zero-order valence-corrected chi connectivity index (χ0v) is 16.1. The van der Waals surface area contributed by atoms with E-state index in [0.717, 1.165) is 7.11 Å². The Balaban J connectivity index is 1.91. The van der Waals surface area contributed by atoms with Crippen molar-refractivity contribution in [1.29, 1.82) is 0 Å². The Morgan fingerprint density at radius 3 is 1.75 bits per heavy atom. The van der Waals surface area contributed by atoms with Gasteiger partial charge in [-0.1, -0.05) is 0 Å².